The Balaban J connectivity index is 0. The summed E-state index contributed by atoms with van der Waals surface area (Å²) >= 11 is 0. The molecule has 0 aliphatic rings. The molecule has 2 N–H and O–H groups in total. The second kappa shape index (κ2) is 11.0. The molecule has 0 bridgehead atoms. The van der Waals surface area contributed by atoms with Crippen LogP contribution in [0.5, 0.6) is 0 Å². The van der Waals surface area contributed by atoms with Gasteiger partial charge in [0.25, 0.3) is 0 Å². The topological polar surface area (TPSA) is 110 Å². The summed E-state index contributed by atoms with van der Waals surface area (Å²) in [6, 6.07) is 0. The molecule has 0 fully saturated rings. The Hall–Kier alpha value is -2.15. The van der Waals surface area contributed by atoms with Gasteiger partial charge in [-0.15, -0.1) is 0 Å². The number of rotatable bonds is 6. The molecule has 0 unspecified atom stereocenters. The number of carbonyl (C=O) groups excluding carboxylic acids is 2. The number of carboxylic acids is 1. The van der Waals surface area contributed by atoms with E-state index in [2.05, 4.69) is 22.6 Å². The van der Waals surface area contributed by atoms with Crippen LogP contribution < -0.4 is 0 Å². The maximum absolute atomic E-state index is 10.8. The smallest absolute Gasteiger partial charge is 0.333 e. The van der Waals surface area contributed by atoms with Crippen LogP contribution in [0.25, 0.3) is 0 Å². The van der Waals surface area contributed by atoms with Crippen molar-refractivity contribution >= 4 is 17.9 Å². The molecule has 0 aromatic rings. The zero-order valence-corrected chi connectivity index (χ0v) is 11.0. The molecule has 19 heavy (non-hydrogen) atoms. The average Bonchev–Trinajstić information content (AvgIpc) is 2.35. The molecule has 108 valence electrons. The van der Waals surface area contributed by atoms with Gasteiger partial charge >= 0.3 is 17.9 Å². The molecule has 0 spiro atoms. The molecular weight excluding hydrogens is 256 g/mol. The van der Waals surface area contributed by atoms with Crippen molar-refractivity contribution in [2.45, 2.75) is 13.3 Å². The quantitative estimate of drug-likeness (QED) is 0.529. The lowest BCUT2D eigenvalue weighted by Gasteiger charge is -2.03. The first-order valence-corrected chi connectivity index (χ1v) is 5.17. The van der Waals surface area contributed by atoms with Crippen molar-refractivity contribution in [2.24, 2.45) is 0 Å². The fourth-order valence-electron chi connectivity index (χ4n) is 0.601. The summed E-state index contributed by atoms with van der Waals surface area (Å²) in [7, 11) is 1.20. The largest absolute Gasteiger partial charge is 0.478 e. The van der Waals surface area contributed by atoms with Crippen LogP contribution in [0.15, 0.2) is 24.3 Å². The van der Waals surface area contributed by atoms with Crippen molar-refractivity contribution < 1.29 is 34.1 Å². The van der Waals surface area contributed by atoms with Crippen LogP contribution in [0.1, 0.15) is 13.3 Å². The van der Waals surface area contributed by atoms with Crippen LogP contribution in [-0.4, -0.2) is 48.4 Å². The lowest BCUT2D eigenvalue weighted by atomic mass is 10.2. The highest BCUT2D eigenvalue weighted by Crippen LogP contribution is 2.01. The van der Waals surface area contributed by atoms with Crippen molar-refractivity contribution in [2.75, 3.05) is 20.3 Å². The Labute approximate surface area is 111 Å². The summed E-state index contributed by atoms with van der Waals surface area (Å²) in [5.74, 6) is -2.18. The first kappa shape index (κ1) is 19.2. The second-order valence-corrected chi connectivity index (χ2v) is 3.30. The van der Waals surface area contributed by atoms with E-state index in [0.29, 0.717) is 0 Å². The van der Waals surface area contributed by atoms with Crippen LogP contribution in [0.3, 0.4) is 0 Å². The van der Waals surface area contributed by atoms with Crippen molar-refractivity contribution in [3.05, 3.63) is 24.3 Å². The number of methoxy groups -OCH3 is 1. The number of aliphatic carboxylic acids is 1. The van der Waals surface area contributed by atoms with E-state index in [-0.39, 0.29) is 30.8 Å². The highest BCUT2D eigenvalue weighted by molar-refractivity contribution is 5.93. The molecular formula is C12H18O7. The fraction of sp³-hybridized carbons (Fsp3) is 0.417. The van der Waals surface area contributed by atoms with Crippen molar-refractivity contribution in [1.29, 1.82) is 0 Å². The third kappa shape index (κ3) is 12.1. The maximum atomic E-state index is 10.8. The highest BCUT2D eigenvalue weighted by atomic mass is 16.5. The van der Waals surface area contributed by atoms with Gasteiger partial charge in [-0.05, 0) is 6.92 Å². The van der Waals surface area contributed by atoms with Gasteiger partial charge in [-0.25, -0.2) is 9.59 Å². The van der Waals surface area contributed by atoms with Gasteiger partial charge in [-0.1, -0.05) is 13.2 Å². The predicted octanol–water partition coefficient (Wildman–Crippen LogP) is 0.288. The van der Waals surface area contributed by atoms with Gasteiger partial charge in [0.1, 0.15) is 6.61 Å². The van der Waals surface area contributed by atoms with E-state index in [1.165, 1.54) is 14.0 Å². The standard InChI is InChI=1S/C8H12O5.C4H6O2/c1-6(8(11)12-2)5-7(10)13-4-3-9;1-3(2)4(5)6/h9H,1,3-5H2,2H3;1H2,2H3,(H,5,6). The lowest BCUT2D eigenvalue weighted by Crippen LogP contribution is -2.13. The second-order valence-electron chi connectivity index (χ2n) is 3.30. The van der Waals surface area contributed by atoms with Gasteiger partial charge in [0.2, 0.25) is 0 Å². The van der Waals surface area contributed by atoms with Crippen molar-refractivity contribution in [1.82, 2.24) is 0 Å². The van der Waals surface area contributed by atoms with Crippen molar-refractivity contribution in [3.63, 3.8) is 0 Å². The molecule has 0 atom stereocenters. The SMILES string of the molecule is C=C(C)C(=O)O.C=C(CC(=O)OCCO)C(=O)OC. The maximum Gasteiger partial charge on any atom is 0.333 e. The van der Waals surface area contributed by atoms with E-state index < -0.39 is 17.9 Å². The number of aliphatic hydroxyl groups is 1. The summed E-state index contributed by atoms with van der Waals surface area (Å²) in [4.78, 5) is 31.2. The molecule has 0 aromatic carbocycles. The Morgan fingerprint density at radius 2 is 1.68 bits per heavy atom. The van der Waals surface area contributed by atoms with Crippen LogP contribution in [0.2, 0.25) is 0 Å². The molecule has 0 rings (SSSR count). The fourth-order valence-corrected chi connectivity index (χ4v) is 0.601. The molecule has 0 saturated carbocycles. The lowest BCUT2D eigenvalue weighted by molar-refractivity contribution is -0.146. The zero-order valence-electron chi connectivity index (χ0n) is 11.0. The molecule has 0 aliphatic carbocycles. The Morgan fingerprint density at radius 3 is 2.00 bits per heavy atom. The Bertz CT molecular complexity index is 345. The summed E-state index contributed by atoms with van der Waals surface area (Å²) in [5, 5.41) is 16.2. The normalized spacial score (nSPS) is 8.58. The van der Waals surface area contributed by atoms with Crippen LogP contribution >= 0.6 is 0 Å². The predicted molar refractivity (Wildman–Crippen MR) is 66.3 cm³/mol. The van der Waals surface area contributed by atoms with Gasteiger partial charge in [-0.2, -0.15) is 0 Å². The first-order chi connectivity index (χ1) is 8.76. The molecule has 0 saturated heterocycles. The minimum absolute atomic E-state index is 0.0328. The minimum atomic E-state index is -0.935. The molecule has 0 aliphatic heterocycles. The molecule has 0 aromatic heterocycles. The monoisotopic (exact) mass is 274 g/mol. The molecule has 7 nitrogen and oxygen atoms in total. The number of hydrogen-bond donors (Lipinski definition) is 2. The Morgan fingerprint density at radius 1 is 1.21 bits per heavy atom. The average molecular weight is 274 g/mol. The first-order valence-electron chi connectivity index (χ1n) is 5.17. The third-order valence-electron chi connectivity index (χ3n) is 1.55. The molecule has 0 radical (unpaired) electrons. The molecule has 0 amide bonds. The van der Waals surface area contributed by atoms with Crippen molar-refractivity contribution in [3.8, 4) is 0 Å². The van der Waals surface area contributed by atoms with E-state index in [1.54, 1.807) is 0 Å². The molecule has 0 heterocycles. The summed E-state index contributed by atoms with van der Waals surface area (Å²) in [6.45, 7) is 7.62. The number of aliphatic hydroxyl groups excluding tert-OH is 1. The number of ether oxygens (including phenoxy) is 2. The van der Waals surface area contributed by atoms with E-state index in [0.717, 1.165) is 0 Å². The Kier molecular flexibility index (Phi) is 11.1. The van der Waals surface area contributed by atoms with Gasteiger partial charge in [-0.3, -0.25) is 4.79 Å². The summed E-state index contributed by atoms with van der Waals surface area (Å²) in [6.07, 6.45) is -0.216. The number of carbonyl (C=O) groups is 3. The zero-order chi connectivity index (χ0) is 15.4. The summed E-state index contributed by atoms with van der Waals surface area (Å²) in [5.41, 5.74) is 0.209. The number of carboxylic acid groups (broad SMARTS) is 1. The number of esters is 2. The molecule has 7 heteroatoms. The van der Waals surface area contributed by atoms with Gasteiger partial charge in [0.15, 0.2) is 0 Å². The minimum Gasteiger partial charge on any atom is -0.478 e. The van der Waals surface area contributed by atoms with Crippen LogP contribution in [-0.2, 0) is 23.9 Å². The van der Waals surface area contributed by atoms with Gasteiger partial charge in [0, 0.05) is 11.1 Å². The summed E-state index contributed by atoms with van der Waals surface area (Å²) < 4.78 is 8.82. The van der Waals surface area contributed by atoms with Crippen LogP contribution in [0.4, 0.5) is 0 Å². The van der Waals surface area contributed by atoms with Gasteiger partial charge < -0.3 is 19.7 Å². The van der Waals surface area contributed by atoms with Crippen LogP contribution in [0, 0.1) is 0 Å². The van der Waals surface area contributed by atoms with E-state index in [4.69, 9.17) is 10.2 Å². The number of hydrogen-bond acceptors (Lipinski definition) is 6. The van der Waals surface area contributed by atoms with E-state index in [1.807, 2.05) is 0 Å². The highest BCUT2D eigenvalue weighted by Gasteiger charge is 2.12. The third-order valence-corrected chi connectivity index (χ3v) is 1.55. The van der Waals surface area contributed by atoms with E-state index in [9.17, 15) is 14.4 Å². The van der Waals surface area contributed by atoms with Gasteiger partial charge in [0.05, 0.1) is 20.1 Å². The van der Waals surface area contributed by atoms with E-state index >= 15 is 0 Å².